The highest BCUT2D eigenvalue weighted by Crippen LogP contribution is 2.46. The standard InChI is InChI=1S/C84H107ClN14O13S2/c1-55(58-14-16-60(17-15-58)76-56(2)87-53-113-76)88-80(105)72-46-65(101)51-98(72)82(106)77(83(3,4)5)89-74(102)12-9-7-8-10-13-75(103)95-39-35-93(36-40-95)52-84(6)30-26-62(68(48-84)59-18-20-63(85)21-19-59)50-92-33-37-94(38-34-92)64-22-24-67(70(45-64)97-31-11-41-112-81-73(97)44-61-27-32-96(54-100)78(61)90-81)79(104)91-114(109,110)66-23-25-69(71(47-66)99(107)108)86-49-57-28-42-111-43-29-57/h14-25,27,32,44-45,47,53,55,57,65,72,77,86,100-101H,7-13,26,28-31,33-43,46,48-52,54H2,1-6H3,(H,88,105)(H,89,102)(H,91,104)/t55-,65+,72-,77+,84?/m0/s1. The Bertz CT molecular complexity index is 4780. The van der Waals surface area contributed by atoms with Crippen molar-refractivity contribution in [3.63, 3.8) is 0 Å². The quantitative estimate of drug-likeness (QED) is 0.0151. The molecule has 8 heterocycles. The first kappa shape index (κ1) is 82.9. The number of aromatic nitrogens is 3. The summed E-state index contributed by atoms with van der Waals surface area (Å²) >= 11 is 8.09. The van der Waals surface area contributed by atoms with Gasteiger partial charge in [-0.15, -0.1) is 11.3 Å². The van der Waals surface area contributed by atoms with E-state index in [0.717, 1.165) is 123 Å². The number of ether oxygens (including phenoxy) is 2. The molecule has 13 rings (SSSR count). The Hall–Kier alpha value is -9.07. The maximum atomic E-state index is 14.7. The molecule has 3 aromatic heterocycles. The number of piperazine rings is 2. The van der Waals surface area contributed by atoms with E-state index < -0.39 is 60.9 Å². The molecule has 1 unspecified atom stereocenters. The summed E-state index contributed by atoms with van der Waals surface area (Å²) in [4.78, 5) is 104. The number of halogens is 1. The number of hydrogen-bond donors (Lipinski definition) is 6. The highest BCUT2D eigenvalue weighted by atomic mass is 35.5. The predicted molar refractivity (Wildman–Crippen MR) is 441 cm³/mol. The average Bonchev–Trinajstić information content (AvgIpc) is 1.30. The molecule has 0 spiro atoms. The van der Waals surface area contributed by atoms with Crippen LogP contribution in [-0.4, -0.2) is 210 Å². The number of nitrogens with one attached hydrogen (secondary N) is 4. The van der Waals surface area contributed by atoms with E-state index in [1.165, 1.54) is 28.2 Å². The molecule has 30 heteroatoms. The monoisotopic (exact) mass is 1620 g/mol. The fraction of sp³-hybridized carbons (Fsp3) is 0.512. The highest BCUT2D eigenvalue weighted by molar-refractivity contribution is 7.90. The number of allylic oxidation sites excluding steroid dienone is 1. The molecule has 5 amide bonds. The van der Waals surface area contributed by atoms with Crippen molar-refractivity contribution >= 4 is 108 Å². The maximum Gasteiger partial charge on any atom is 0.293 e. The normalized spacial score (nSPS) is 20.1. The Kier molecular flexibility index (Phi) is 26.5. The molecule has 7 aromatic rings. The van der Waals surface area contributed by atoms with Crippen LogP contribution in [0, 0.1) is 33.8 Å². The summed E-state index contributed by atoms with van der Waals surface area (Å²) in [6.07, 6.45) is 9.27. The third-order valence-corrected chi connectivity index (χ3v) is 25.9. The van der Waals surface area contributed by atoms with Gasteiger partial charge in [0.2, 0.25) is 29.5 Å². The Labute approximate surface area is 676 Å². The van der Waals surface area contributed by atoms with E-state index in [-0.39, 0.29) is 78.3 Å². The molecule has 114 heavy (non-hydrogen) atoms. The van der Waals surface area contributed by atoms with Crippen LogP contribution in [0.1, 0.15) is 151 Å². The predicted octanol–water partition coefficient (Wildman–Crippen LogP) is 11.5. The molecular weight excluding hydrogens is 1510 g/mol. The summed E-state index contributed by atoms with van der Waals surface area (Å²) < 4.78 is 44.0. The van der Waals surface area contributed by atoms with Crippen molar-refractivity contribution in [2.45, 2.75) is 161 Å². The second-order valence-electron chi connectivity index (χ2n) is 32.8. The summed E-state index contributed by atoms with van der Waals surface area (Å²) in [5.41, 5.74) is 9.94. The van der Waals surface area contributed by atoms with Crippen LogP contribution < -0.4 is 35.2 Å². The van der Waals surface area contributed by atoms with E-state index in [1.807, 2.05) is 111 Å². The van der Waals surface area contributed by atoms with Crippen molar-refractivity contribution in [1.82, 2.24) is 49.5 Å². The molecule has 6 aliphatic rings. The lowest BCUT2D eigenvalue weighted by Crippen LogP contribution is -2.57. The van der Waals surface area contributed by atoms with Crippen LogP contribution in [0.15, 0.2) is 119 Å². The van der Waals surface area contributed by atoms with Gasteiger partial charge in [0.15, 0.2) is 0 Å². The van der Waals surface area contributed by atoms with Crippen molar-refractivity contribution < 1.29 is 57.0 Å². The zero-order chi connectivity index (χ0) is 80.6. The van der Waals surface area contributed by atoms with Gasteiger partial charge in [-0.2, -0.15) is 4.98 Å². The van der Waals surface area contributed by atoms with Crippen LogP contribution in [0.25, 0.3) is 27.0 Å². The minimum atomic E-state index is -4.66. The number of nitro groups is 1. The van der Waals surface area contributed by atoms with E-state index in [2.05, 4.69) is 59.4 Å². The number of aryl methyl sites for hydroxylation is 1. The number of likely N-dealkylation sites (tertiary alicyclic amines) is 1. The highest BCUT2D eigenvalue weighted by Gasteiger charge is 2.45. The number of aliphatic hydroxyl groups is 2. The van der Waals surface area contributed by atoms with Crippen molar-refractivity contribution in [1.29, 1.82) is 0 Å². The molecule has 610 valence electrons. The molecule has 4 saturated heterocycles. The first-order valence-corrected chi connectivity index (χ1v) is 42.8. The Morgan fingerprint density at radius 2 is 1.55 bits per heavy atom. The zero-order valence-electron chi connectivity index (χ0n) is 66.0. The summed E-state index contributed by atoms with van der Waals surface area (Å²) in [6, 6.07) is 26.6. The van der Waals surface area contributed by atoms with Gasteiger partial charge in [-0.3, -0.25) is 43.9 Å². The molecule has 27 nitrogen and oxygen atoms in total. The number of unbranched alkanes of at least 4 members (excludes halogenated alkanes) is 3. The summed E-state index contributed by atoms with van der Waals surface area (Å²) in [5.74, 6) is -1.31. The number of sulfonamides is 1. The molecule has 0 saturated carbocycles. The number of rotatable bonds is 28. The van der Waals surface area contributed by atoms with Gasteiger partial charge < -0.3 is 59.8 Å². The van der Waals surface area contributed by atoms with E-state index in [9.17, 15) is 52.7 Å². The number of pyridine rings is 1. The van der Waals surface area contributed by atoms with Crippen LogP contribution in [0.2, 0.25) is 5.02 Å². The minimum Gasteiger partial charge on any atom is -0.476 e. The number of aliphatic hydroxyl groups excluding tert-OH is 2. The fourth-order valence-electron chi connectivity index (χ4n) is 16.8. The van der Waals surface area contributed by atoms with Gasteiger partial charge in [0.1, 0.15) is 35.8 Å². The first-order chi connectivity index (χ1) is 54.7. The van der Waals surface area contributed by atoms with Crippen LogP contribution in [-0.2, 0) is 40.7 Å². The number of carbonyl (C=O) groups excluding carboxylic acids is 5. The van der Waals surface area contributed by atoms with Gasteiger partial charge in [-0.05, 0) is 159 Å². The summed E-state index contributed by atoms with van der Waals surface area (Å²) in [7, 11) is -4.66. The van der Waals surface area contributed by atoms with Crippen molar-refractivity contribution in [3.05, 3.63) is 152 Å². The Balaban J connectivity index is 0.592. The van der Waals surface area contributed by atoms with Crippen LogP contribution in [0.4, 0.5) is 28.4 Å². The van der Waals surface area contributed by atoms with Gasteiger partial charge in [0.05, 0.1) is 55.9 Å². The molecular formula is C84H107ClN14O13S2. The lowest BCUT2D eigenvalue weighted by Gasteiger charge is -2.44. The van der Waals surface area contributed by atoms with Gasteiger partial charge in [-0.25, -0.2) is 18.1 Å². The van der Waals surface area contributed by atoms with Gasteiger partial charge in [0.25, 0.3) is 21.6 Å². The number of anilines is 4. The van der Waals surface area contributed by atoms with Gasteiger partial charge >= 0.3 is 0 Å². The zero-order valence-corrected chi connectivity index (χ0v) is 68.4. The largest absolute Gasteiger partial charge is 0.476 e. The van der Waals surface area contributed by atoms with Gasteiger partial charge in [-0.1, -0.05) is 94.1 Å². The number of β-amino-alcohol motifs (C(OH)–C–C–N with tert-alkyl or cyclic N) is 1. The summed E-state index contributed by atoms with van der Waals surface area (Å²) in [5, 5.41) is 43.9. The molecule has 1 aliphatic carbocycles. The van der Waals surface area contributed by atoms with E-state index >= 15 is 0 Å². The Morgan fingerprint density at radius 3 is 2.25 bits per heavy atom. The number of fused-ring (bicyclic) bond motifs is 2. The molecule has 5 atom stereocenters. The third kappa shape index (κ3) is 19.9. The topological polar surface area (TPSA) is 320 Å². The van der Waals surface area contributed by atoms with Crippen LogP contribution in [0.5, 0.6) is 5.88 Å². The molecule has 4 fully saturated rings. The van der Waals surface area contributed by atoms with Crippen LogP contribution >= 0.6 is 22.9 Å². The van der Waals surface area contributed by atoms with Crippen molar-refractivity contribution in [2.75, 3.05) is 120 Å². The lowest BCUT2D eigenvalue weighted by molar-refractivity contribution is -0.384. The van der Waals surface area contributed by atoms with Crippen LogP contribution in [0.3, 0.4) is 0 Å². The summed E-state index contributed by atoms with van der Waals surface area (Å²) in [6.45, 7) is 21.2. The van der Waals surface area contributed by atoms with E-state index in [1.54, 1.807) is 28.2 Å². The molecule has 0 bridgehead atoms. The molecule has 5 aliphatic heterocycles. The molecule has 0 radical (unpaired) electrons. The smallest absolute Gasteiger partial charge is 0.293 e. The second kappa shape index (κ2) is 36.4. The SMILES string of the molecule is Cc1ncsc1-c1ccc([C@H](C)NC(=O)[C@@H]2C[C@@H](O)CN2C(=O)[C@@H](NC(=O)CCCCCCC(=O)N2CCN(CC3(C)CCC(CN4CCN(c5ccc(C(=O)NS(=O)(=O)c6ccc(NCC7CCOCC7)c([N+](=O)[O-])c6)c(N6CCCOc7nc8c(ccn8CO)cc76)c5)CC4)=C(c4ccc(Cl)cc4)C3)CC2)C(C)(C)C)cc1. The number of nitrogens with zero attached hydrogens (tertiary/aromatic N) is 10. The number of carbonyl (C=O) groups is 5. The van der Waals surface area contributed by atoms with Crippen molar-refractivity contribution in [2.24, 2.45) is 16.7 Å². The lowest BCUT2D eigenvalue weighted by atomic mass is 9.70. The minimum absolute atomic E-state index is 0.0146. The third-order valence-electron chi connectivity index (χ3n) is 23.4. The number of nitro benzene ring substituents is 1. The number of benzene rings is 4. The number of hydrogen-bond acceptors (Lipinski definition) is 21. The second-order valence-corrected chi connectivity index (χ2v) is 35.8. The average molecular weight is 1620 g/mol. The van der Waals surface area contributed by atoms with E-state index in [4.69, 9.17) is 26.1 Å². The number of amides is 5. The number of thiazole rings is 1. The first-order valence-electron chi connectivity index (χ1n) is 40.0. The molecule has 4 aromatic carbocycles. The molecule has 6 N–H and O–H groups in total. The Morgan fingerprint density at radius 1 is 0.833 bits per heavy atom. The fourth-order valence-corrected chi connectivity index (χ4v) is 18.7. The van der Waals surface area contributed by atoms with E-state index in [0.29, 0.717) is 112 Å². The van der Waals surface area contributed by atoms with Gasteiger partial charge in [0, 0.05) is 146 Å². The maximum absolute atomic E-state index is 14.7. The van der Waals surface area contributed by atoms with Crippen molar-refractivity contribution in [3.8, 4) is 16.3 Å².